The zero-order chi connectivity index (χ0) is 17.8. The van der Waals surface area contributed by atoms with Gasteiger partial charge in [-0.3, -0.25) is 9.89 Å². The van der Waals surface area contributed by atoms with E-state index in [1.807, 2.05) is 41.3 Å². The minimum atomic E-state index is 0.182. The molecular formula is C21H22N4O. The summed E-state index contributed by atoms with van der Waals surface area (Å²) in [6, 6.07) is 20.6. The van der Waals surface area contributed by atoms with Crippen LogP contribution in [0.5, 0.6) is 0 Å². The number of rotatable bonds is 6. The Hall–Kier alpha value is -2.95. The number of carbonyl (C=O) groups excluding carboxylic acids is 1. The van der Waals surface area contributed by atoms with E-state index in [0.717, 1.165) is 31.0 Å². The van der Waals surface area contributed by atoms with Gasteiger partial charge < -0.3 is 4.90 Å². The van der Waals surface area contributed by atoms with Crippen LogP contribution in [0.1, 0.15) is 35.1 Å². The van der Waals surface area contributed by atoms with E-state index in [1.54, 1.807) is 0 Å². The predicted octanol–water partition coefficient (Wildman–Crippen LogP) is 3.11. The Morgan fingerprint density at radius 3 is 2.50 bits per heavy atom. The molecule has 1 aliphatic heterocycles. The first-order valence-corrected chi connectivity index (χ1v) is 9.05. The monoisotopic (exact) mass is 346 g/mol. The highest BCUT2D eigenvalue weighted by Crippen LogP contribution is 2.28. The van der Waals surface area contributed by atoms with Crippen LogP contribution in [0.3, 0.4) is 0 Å². The standard InChI is InChI=1S/C21H22N4O/c26-21-13-18(17-9-5-2-6-10-17)14-25(21)15-20-22-19(23-24-20)12-11-16-7-3-1-4-8-16/h1-10,18H,11-15H2,(H,22,23,24)/t18-/m0/s1. The van der Waals surface area contributed by atoms with Gasteiger partial charge in [0.1, 0.15) is 5.82 Å². The van der Waals surface area contributed by atoms with Gasteiger partial charge in [-0.15, -0.1) is 0 Å². The number of nitrogens with one attached hydrogen (secondary N) is 1. The summed E-state index contributed by atoms with van der Waals surface area (Å²) in [5, 5.41) is 7.29. The van der Waals surface area contributed by atoms with Crippen LogP contribution in [0.2, 0.25) is 0 Å². The fraction of sp³-hybridized carbons (Fsp3) is 0.286. The van der Waals surface area contributed by atoms with Crippen LogP contribution in [0.4, 0.5) is 0 Å². The second-order valence-corrected chi connectivity index (χ2v) is 6.77. The number of nitrogens with zero attached hydrogens (tertiary/aromatic N) is 3. The third-order valence-electron chi connectivity index (χ3n) is 4.88. The Kier molecular flexibility index (Phi) is 4.78. The van der Waals surface area contributed by atoms with Crippen molar-refractivity contribution >= 4 is 5.91 Å². The Labute approximate surface area is 153 Å². The van der Waals surface area contributed by atoms with Gasteiger partial charge in [-0.25, -0.2) is 4.98 Å². The Balaban J connectivity index is 1.34. The molecule has 5 nitrogen and oxygen atoms in total. The normalized spacial score (nSPS) is 17.0. The summed E-state index contributed by atoms with van der Waals surface area (Å²) >= 11 is 0. The number of hydrogen-bond acceptors (Lipinski definition) is 3. The van der Waals surface area contributed by atoms with Gasteiger partial charge in [0.25, 0.3) is 0 Å². The largest absolute Gasteiger partial charge is 0.335 e. The number of benzene rings is 2. The maximum Gasteiger partial charge on any atom is 0.223 e. The quantitative estimate of drug-likeness (QED) is 0.746. The fourth-order valence-electron chi connectivity index (χ4n) is 3.47. The van der Waals surface area contributed by atoms with Crippen LogP contribution >= 0.6 is 0 Å². The highest BCUT2D eigenvalue weighted by atomic mass is 16.2. The molecule has 1 N–H and O–H groups in total. The highest BCUT2D eigenvalue weighted by molar-refractivity contribution is 5.79. The lowest BCUT2D eigenvalue weighted by Crippen LogP contribution is -2.25. The lowest BCUT2D eigenvalue weighted by Gasteiger charge is -2.15. The molecule has 4 rings (SSSR count). The molecule has 5 heteroatoms. The molecule has 3 aromatic rings. The predicted molar refractivity (Wildman–Crippen MR) is 99.4 cm³/mol. The number of aryl methyl sites for hydroxylation is 2. The van der Waals surface area contributed by atoms with Crippen molar-refractivity contribution in [1.82, 2.24) is 20.1 Å². The zero-order valence-corrected chi connectivity index (χ0v) is 14.6. The summed E-state index contributed by atoms with van der Waals surface area (Å²) in [6.07, 6.45) is 2.27. The third-order valence-corrected chi connectivity index (χ3v) is 4.88. The summed E-state index contributed by atoms with van der Waals surface area (Å²) in [4.78, 5) is 18.8. The highest BCUT2D eigenvalue weighted by Gasteiger charge is 2.31. The van der Waals surface area contributed by atoms with Gasteiger partial charge >= 0.3 is 0 Å². The molecule has 0 radical (unpaired) electrons. The van der Waals surface area contributed by atoms with Crippen molar-refractivity contribution in [2.75, 3.05) is 6.54 Å². The van der Waals surface area contributed by atoms with Crippen LogP contribution in [0, 0.1) is 0 Å². The first-order valence-electron chi connectivity index (χ1n) is 9.05. The molecule has 1 saturated heterocycles. The Morgan fingerprint density at radius 1 is 1.00 bits per heavy atom. The number of likely N-dealkylation sites (tertiary alicyclic amines) is 1. The second-order valence-electron chi connectivity index (χ2n) is 6.77. The number of carbonyl (C=O) groups is 1. The van der Waals surface area contributed by atoms with Crippen LogP contribution in [-0.2, 0) is 24.2 Å². The van der Waals surface area contributed by atoms with Gasteiger partial charge in [-0.1, -0.05) is 60.7 Å². The molecule has 0 saturated carbocycles. The second kappa shape index (κ2) is 7.52. The average Bonchev–Trinajstić information content (AvgIpc) is 3.29. The molecule has 1 fully saturated rings. The van der Waals surface area contributed by atoms with E-state index in [-0.39, 0.29) is 11.8 Å². The van der Waals surface area contributed by atoms with Gasteiger partial charge in [-0.2, -0.15) is 5.10 Å². The number of H-pyrrole nitrogens is 1. The van der Waals surface area contributed by atoms with E-state index in [1.165, 1.54) is 11.1 Å². The van der Waals surface area contributed by atoms with Crippen LogP contribution < -0.4 is 0 Å². The van der Waals surface area contributed by atoms with Crippen molar-refractivity contribution < 1.29 is 4.79 Å². The zero-order valence-electron chi connectivity index (χ0n) is 14.6. The Morgan fingerprint density at radius 2 is 1.73 bits per heavy atom. The molecule has 0 unspecified atom stereocenters. The number of aromatic amines is 1. The van der Waals surface area contributed by atoms with E-state index >= 15 is 0 Å². The smallest absolute Gasteiger partial charge is 0.223 e. The van der Waals surface area contributed by atoms with Crippen molar-refractivity contribution in [2.45, 2.75) is 31.7 Å². The SMILES string of the molecule is O=C1C[C@H](c2ccccc2)CN1Cc1nc(CCc2ccccc2)n[nH]1. The number of hydrogen-bond donors (Lipinski definition) is 1. The molecule has 2 heterocycles. The van der Waals surface area contributed by atoms with Crippen molar-refractivity contribution in [3.8, 4) is 0 Å². The first kappa shape index (κ1) is 16.5. The van der Waals surface area contributed by atoms with Gasteiger partial charge in [-0.05, 0) is 17.5 Å². The molecule has 26 heavy (non-hydrogen) atoms. The molecule has 1 aromatic heterocycles. The van der Waals surface area contributed by atoms with E-state index in [4.69, 9.17) is 0 Å². The van der Waals surface area contributed by atoms with Crippen molar-refractivity contribution in [3.05, 3.63) is 83.4 Å². The van der Waals surface area contributed by atoms with Crippen LogP contribution in [0.15, 0.2) is 60.7 Å². The summed E-state index contributed by atoms with van der Waals surface area (Å²) in [5.41, 5.74) is 2.50. The lowest BCUT2D eigenvalue weighted by molar-refractivity contribution is -0.128. The van der Waals surface area contributed by atoms with Crippen molar-refractivity contribution in [3.63, 3.8) is 0 Å². The summed E-state index contributed by atoms with van der Waals surface area (Å²) in [6.45, 7) is 1.24. The van der Waals surface area contributed by atoms with E-state index in [2.05, 4.69) is 39.4 Å². The molecule has 1 aliphatic rings. The van der Waals surface area contributed by atoms with E-state index < -0.39 is 0 Å². The topological polar surface area (TPSA) is 61.9 Å². The summed E-state index contributed by atoms with van der Waals surface area (Å²) in [5.74, 6) is 2.01. The van der Waals surface area contributed by atoms with Crippen LogP contribution in [0.25, 0.3) is 0 Å². The van der Waals surface area contributed by atoms with Gasteiger partial charge in [0, 0.05) is 25.3 Å². The Bertz CT molecular complexity index is 860. The molecule has 0 spiro atoms. The maximum absolute atomic E-state index is 12.3. The minimum Gasteiger partial charge on any atom is -0.335 e. The molecule has 132 valence electrons. The number of amides is 1. The van der Waals surface area contributed by atoms with Gasteiger partial charge in [0.05, 0.1) is 6.54 Å². The van der Waals surface area contributed by atoms with E-state index in [9.17, 15) is 4.79 Å². The summed E-state index contributed by atoms with van der Waals surface area (Å²) in [7, 11) is 0. The first-order chi connectivity index (χ1) is 12.8. The molecule has 1 atom stereocenters. The fourth-order valence-corrected chi connectivity index (χ4v) is 3.47. The minimum absolute atomic E-state index is 0.182. The van der Waals surface area contributed by atoms with Crippen LogP contribution in [-0.4, -0.2) is 32.5 Å². The summed E-state index contributed by atoms with van der Waals surface area (Å²) < 4.78 is 0. The number of aromatic nitrogens is 3. The van der Waals surface area contributed by atoms with Gasteiger partial charge in [0.2, 0.25) is 5.91 Å². The van der Waals surface area contributed by atoms with Crippen molar-refractivity contribution in [2.24, 2.45) is 0 Å². The van der Waals surface area contributed by atoms with E-state index in [0.29, 0.717) is 13.0 Å². The molecule has 0 aliphatic carbocycles. The lowest BCUT2D eigenvalue weighted by atomic mass is 9.99. The van der Waals surface area contributed by atoms with Crippen molar-refractivity contribution in [1.29, 1.82) is 0 Å². The molecular weight excluding hydrogens is 324 g/mol. The molecule has 0 bridgehead atoms. The molecule has 1 amide bonds. The maximum atomic E-state index is 12.3. The molecule has 2 aromatic carbocycles. The van der Waals surface area contributed by atoms with Gasteiger partial charge in [0.15, 0.2) is 5.82 Å². The third kappa shape index (κ3) is 3.82. The average molecular weight is 346 g/mol.